The van der Waals surface area contributed by atoms with Gasteiger partial charge >= 0.3 is 0 Å². The van der Waals surface area contributed by atoms with Crippen LogP contribution in [0.1, 0.15) is 28.4 Å². The molecule has 1 saturated heterocycles. The second-order valence-corrected chi connectivity index (χ2v) is 7.56. The minimum atomic E-state index is -3.69. The molecular formula is C15H19N3O5S. The van der Waals surface area contributed by atoms with E-state index in [1.165, 1.54) is 10.6 Å². The Bertz CT molecular complexity index is 806. The van der Waals surface area contributed by atoms with Gasteiger partial charge in [0.2, 0.25) is 10.0 Å². The number of aryl methyl sites for hydroxylation is 2. The fourth-order valence-electron chi connectivity index (χ4n) is 2.87. The summed E-state index contributed by atoms with van der Waals surface area (Å²) in [6.07, 6.45) is 1.99. The van der Waals surface area contributed by atoms with Crippen molar-refractivity contribution in [2.24, 2.45) is 0 Å². The van der Waals surface area contributed by atoms with E-state index in [9.17, 15) is 13.2 Å². The Morgan fingerprint density at radius 1 is 1.21 bits per heavy atom. The number of nitrogens with zero attached hydrogens (tertiary/aromatic N) is 3. The van der Waals surface area contributed by atoms with Gasteiger partial charge in [0.25, 0.3) is 5.91 Å². The first-order valence-corrected chi connectivity index (χ1v) is 9.11. The topological polar surface area (TPSA) is 96.9 Å². The highest BCUT2D eigenvalue weighted by molar-refractivity contribution is 7.89. The van der Waals surface area contributed by atoms with E-state index in [0.717, 1.165) is 0 Å². The van der Waals surface area contributed by atoms with Crippen LogP contribution in [0.2, 0.25) is 0 Å². The summed E-state index contributed by atoms with van der Waals surface area (Å²) in [6.45, 7) is 4.54. The lowest BCUT2D eigenvalue weighted by atomic mass is 10.3. The van der Waals surface area contributed by atoms with Crippen molar-refractivity contribution in [1.29, 1.82) is 0 Å². The van der Waals surface area contributed by atoms with E-state index >= 15 is 0 Å². The van der Waals surface area contributed by atoms with Crippen molar-refractivity contribution in [3.8, 4) is 0 Å². The third-order valence-electron chi connectivity index (χ3n) is 4.04. The van der Waals surface area contributed by atoms with Gasteiger partial charge in [-0.15, -0.1) is 0 Å². The van der Waals surface area contributed by atoms with Gasteiger partial charge < -0.3 is 13.8 Å². The Labute approximate surface area is 140 Å². The van der Waals surface area contributed by atoms with Crippen LogP contribution < -0.4 is 0 Å². The molecule has 3 rings (SSSR count). The fourth-order valence-corrected chi connectivity index (χ4v) is 4.63. The van der Waals surface area contributed by atoms with E-state index in [2.05, 4.69) is 5.16 Å². The maximum Gasteiger partial charge on any atom is 0.289 e. The highest BCUT2D eigenvalue weighted by Crippen LogP contribution is 2.24. The highest BCUT2D eigenvalue weighted by atomic mass is 32.2. The Morgan fingerprint density at radius 3 is 2.62 bits per heavy atom. The molecule has 0 bridgehead atoms. The molecule has 8 nitrogen and oxygen atoms in total. The molecule has 0 saturated carbocycles. The zero-order valence-corrected chi connectivity index (χ0v) is 14.4. The smallest absolute Gasteiger partial charge is 0.289 e. The van der Waals surface area contributed by atoms with Gasteiger partial charge in [0, 0.05) is 26.2 Å². The molecule has 2 aromatic heterocycles. The van der Waals surface area contributed by atoms with E-state index < -0.39 is 10.0 Å². The minimum absolute atomic E-state index is 0.119. The van der Waals surface area contributed by atoms with Crippen LogP contribution in [0.5, 0.6) is 0 Å². The molecule has 0 N–H and O–H groups in total. The SMILES string of the molecule is Cc1noc(C)c1S(=O)(=O)N1CCCN(C(=O)c2ccco2)CC1. The molecule has 1 aliphatic heterocycles. The third-order valence-corrected chi connectivity index (χ3v) is 6.18. The number of hydrogen-bond acceptors (Lipinski definition) is 6. The van der Waals surface area contributed by atoms with Gasteiger partial charge in [0.05, 0.1) is 6.26 Å². The van der Waals surface area contributed by atoms with Crippen LogP contribution in [-0.2, 0) is 10.0 Å². The molecule has 0 spiro atoms. The summed E-state index contributed by atoms with van der Waals surface area (Å²) in [7, 11) is -3.69. The zero-order chi connectivity index (χ0) is 17.3. The van der Waals surface area contributed by atoms with Gasteiger partial charge in [-0.25, -0.2) is 8.42 Å². The van der Waals surface area contributed by atoms with Gasteiger partial charge in [-0.2, -0.15) is 4.31 Å². The van der Waals surface area contributed by atoms with Crippen molar-refractivity contribution in [2.45, 2.75) is 25.2 Å². The first-order valence-electron chi connectivity index (χ1n) is 7.67. The van der Waals surface area contributed by atoms with Crippen molar-refractivity contribution in [3.63, 3.8) is 0 Å². The third kappa shape index (κ3) is 2.96. The summed E-state index contributed by atoms with van der Waals surface area (Å²) in [6, 6.07) is 3.25. The van der Waals surface area contributed by atoms with E-state index in [1.807, 2.05) is 0 Å². The average molecular weight is 353 g/mol. The largest absolute Gasteiger partial charge is 0.459 e. The molecule has 1 aliphatic rings. The second-order valence-electron chi connectivity index (χ2n) is 5.68. The van der Waals surface area contributed by atoms with Crippen molar-refractivity contribution in [1.82, 2.24) is 14.4 Å². The van der Waals surface area contributed by atoms with E-state index in [4.69, 9.17) is 8.94 Å². The van der Waals surface area contributed by atoms with Crippen LogP contribution in [0.3, 0.4) is 0 Å². The number of aromatic nitrogens is 1. The first-order chi connectivity index (χ1) is 11.4. The summed E-state index contributed by atoms with van der Waals surface area (Å²) < 4.78 is 37.2. The Kier molecular flexibility index (Phi) is 4.46. The molecule has 3 heterocycles. The molecular weight excluding hydrogens is 334 g/mol. The van der Waals surface area contributed by atoms with Crippen molar-refractivity contribution >= 4 is 15.9 Å². The Morgan fingerprint density at radius 2 is 2.00 bits per heavy atom. The highest BCUT2D eigenvalue weighted by Gasteiger charge is 2.33. The molecule has 2 aromatic rings. The molecule has 0 radical (unpaired) electrons. The molecule has 0 aliphatic carbocycles. The molecule has 0 atom stereocenters. The van der Waals surface area contributed by atoms with E-state index in [1.54, 1.807) is 30.9 Å². The number of amides is 1. The number of furan rings is 1. The standard InChI is InChI=1S/C15H19N3O5S/c1-11-14(12(2)23-16-11)24(20,21)18-7-4-6-17(8-9-18)15(19)13-5-3-10-22-13/h3,5,10H,4,6-9H2,1-2H3. The Hall–Kier alpha value is -2.13. The van der Waals surface area contributed by atoms with Crippen LogP contribution >= 0.6 is 0 Å². The summed E-state index contributed by atoms with van der Waals surface area (Å²) in [5.41, 5.74) is 0.347. The van der Waals surface area contributed by atoms with E-state index in [-0.39, 0.29) is 28.9 Å². The van der Waals surface area contributed by atoms with Crippen molar-refractivity contribution in [2.75, 3.05) is 26.2 Å². The van der Waals surface area contributed by atoms with Crippen LogP contribution in [0.25, 0.3) is 0 Å². The lowest BCUT2D eigenvalue weighted by Gasteiger charge is -2.21. The number of rotatable bonds is 3. The minimum Gasteiger partial charge on any atom is -0.459 e. The molecule has 1 fully saturated rings. The number of hydrogen-bond donors (Lipinski definition) is 0. The molecule has 24 heavy (non-hydrogen) atoms. The van der Waals surface area contributed by atoms with Crippen LogP contribution in [0, 0.1) is 13.8 Å². The number of carbonyl (C=O) groups is 1. The van der Waals surface area contributed by atoms with Crippen LogP contribution in [0.4, 0.5) is 0 Å². The second kappa shape index (κ2) is 6.40. The normalized spacial score (nSPS) is 17.0. The van der Waals surface area contributed by atoms with Gasteiger partial charge in [-0.05, 0) is 32.4 Å². The molecule has 1 amide bonds. The predicted octanol–water partition coefficient (Wildman–Crippen LogP) is 1.42. The van der Waals surface area contributed by atoms with Gasteiger partial charge in [-0.1, -0.05) is 5.16 Å². The van der Waals surface area contributed by atoms with E-state index in [0.29, 0.717) is 31.7 Å². The summed E-state index contributed by atoms with van der Waals surface area (Å²) in [5, 5.41) is 3.72. The summed E-state index contributed by atoms with van der Waals surface area (Å²) in [5.74, 6) is 0.314. The van der Waals surface area contributed by atoms with Gasteiger partial charge in [0.1, 0.15) is 10.6 Å². The summed E-state index contributed by atoms with van der Waals surface area (Å²) >= 11 is 0. The fraction of sp³-hybridized carbons (Fsp3) is 0.467. The lowest BCUT2D eigenvalue weighted by molar-refractivity contribution is 0.0732. The number of sulfonamides is 1. The average Bonchev–Trinajstić information content (AvgIpc) is 3.10. The lowest BCUT2D eigenvalue weighted by Crippen LogP contribution is -2.37. The van der Waals surface area contributed by atoms with Crippen LogP contribution in [-0.4, -0.2) is 54.9 Å². The quantitative estimate of drug-likeness (QED) is 0.828. The molecule has 0 aromatic carbocycles. The molecule has 130 valence electrons. The maximum atomic E-state index is 12.9. The molecule has 9 heteroatoms. The van der Waals surface area contributed by atoms with Crippen molar-refractivity contribution < 1.29 is 22.2 Å². The summed E-state index contributed by atoms with van der Waals surface area (Å²) in [4.78, 5) is 14.1. The molecule has 0 unspecified atom stereocenters. The Balaban J connectivity index is 1.77. The monoisotopic (exact) mass is 353 g/mol. The van der Waals surface area contributed by atoms with Gasteiger partial charge in [-0.3, -0.25) is 4.79 Å². The predicted molar refractivity (Wildman–Crippen MR) is 84.0 cm³/mol. The van der Waals surface area contributed by atoms with Gasteiger partial charge in [0.15, 0.2) is 11.5 Å². The first kappa shape index (κ1) is 16.7. The zero-order valence-electron chi connectivity index (χ0n) is 13.6. The van der Waals surface area contributed by atoms with Crippen molar-refractivity contribution in [3.05, 3.63) is 35.6 Å². The maximum absolute atomic E-state index is 12.9. The van der Waals surface area contributed by atoms with Crippen LogP contribution in [0.15, 0.2) is 32.2 Å². The number of carbonyl (C=O) groups excluding carboxylic acids is 1.